The Labute approximate surface area is 218 Å². The number of nitrogens with zero attached hydrogens (tertiary/aromatic N) is 3. The van der Waals surface area contributed by atoms with Crippen LogP contribution in [-0.4, -0.2) is 48.6 Å². The van der Waals surface area contributed by atoms with Crippen LogP contribution >= 0.6 is 0 Å². The molecule has 2 aromatic heterocycles. The Hall–Kier alpha value is -3.89. The standard InChI is InChI=1S/C28H28F3N5O2/c1-17-3-4-18(24-21(26(32)37)6-5-19(15-33-2)25(24)28(29,30)31)13-22(17)20-14-23(35-9-11-38-12-10-35)27-34-7-8-36(27)16-20/h3-8,13-14,16,33H,9-12,15H2,1-2H3,(H2,32,37). The van der Waals surface area contributed by atoms with Crippen LogP contribution in [0, 0.1) is 6.92 Å². The van der Waals surface area contributed by atoms with E-state index in [1.165, 1.54) is 12.1 Å². The van der Waals surface area contributed by atoms with Crippen molar-refractivity contribution in [1.82, 2.24) is 14.7 Å². The molecular formula is C28H28F3N5O2. The Morgan fingerprint density at radius 1 is 1.13 bits per heavy atom. The number of ether oxygens (including phenoxy) is 1. The highest BCUT2D eigenvalue weighted by atomic mass is 19.4. The van der Waals surface area contributed by atoms with E-state index in [2.05, 4.69) is 15.2 Å². The van der Waals surface area contributed by atoms with Crippen LogP contribution in [-0.2, 0) is 17.5 Å². The van der Waals surface area contributed by atoms with Gasteiger partial charge in [0.1, 0.15) is 0 Å². The van der Waals surface area contributed by atoms with Gasteiger partial charge in [-0.1, -0.05) is 18.2 Å². The third-order valence-electron chi connectivity index (χ3n) is 6.86. The van der Waals surface area contributed by atoms with Gasteiger partial charge in [0, 0.05) is 54.9 Å². The van der Waals surface area contributed by atoms with Crippen LogP contribution in [0.1, 0.15) is 27.0 Å². The SMILES string of the molecule is CNCc1ccc(C(N)=O)c(-c2ccc(C)c(-c3cc(N4CCOCC4)c4nccn4c3)c2)c1C(F)(F)F. The van der Waals surface area contributed by atoms with Crippen LogP contribution in [0.3, 0.4) is 0 Å². The van der Waals surface area contributed by atoms with Gasteiger partial charge in [-0.25, -0.2) is 4.98 Å². The number of alkyl halides is 3. The summed E-state index contributed by atoms with van der Waals surface area (Å²) in [6.45, 7) is 4.51. The number of primary amides is 1. The normalized spacial score (nSPS) is 14.3. The number of pyridine rings is 1. The zero-order valence-corrected chi connectivity index (χ0v) is 21.1. The van der Waals surface area contributed by atoms with E-state index in [0.29, 0.717) is 26.3 Å². The van der Waals surface area contributed by atoms with Gasteiger partial charge >= 0.3 is 6.18 Å². The molecule has 3 N–H and O–H groups in total. The number of halogens is 3. The largest absolute Gasteiger partial charge is 0.417 e. The van der Waals surface area contributed by atoms with E-state index in [4.69, 9.17) is 10.5 Å². The van der Waals surface area contributed by atoms with Crippen LogP contribution in [0.5, 0.6) is 0 Å². The summed E-state index contributed by atoms with van der Waals surface area (Å²) >= 11 is 0. The summed E-state index contributed by atoms with van der Waals surface area (Å²) in [7, 11) is 1.57. The lowest BCUT2D eigenvalue weighted by Crippen LogP contribution is -2.36. The third-order valence-corrected chi connectivity index (χ3v) is 6.86. The number of aromatic nitrogens is 2. The molecule has 1 amide bonds. The number of hydrogen-bond acceptors (Lipinski definition) is 5. The highest BCUT2D eigenvalue weighted by Crippen LogP contribution is 2.43. The monoisotopic (exact) mass is 523 g/mol. The Morgan fingerprint density at radius 3 is 2.58 bits per heavy atom. The average Bonchev–Trinajstić information content (AvgIpc) is 3.37. The highest BCUT2D eigenvalue weighted by Gasteiger charge is 2.38. The van der Waals surface area contributed by atoms with Crippen molar-refractivity contribution < 1.29 is 22.7 Å². The summed E-state index contributed by atoms with van der Waals surface area (Å²) in [5.74, 6) is -0.918. The van der Waals surface area contributed by atoms with Crippen LogP contribution in [0.2, 0.25) is 0 Å². The van der Waals surface area contributed by atoms with Gasteiger partial charge in [-0.2, -0.15) is 13.2 Å². The van der Waals surface area contributed by atoms with Crippen molar-refractivity contribution in [2.45, 2.75) is 19.6 Å². The maximum atomic E-state index is 14.5. The predicted octanol–water partition coefficient (Wildman–Crippen LogP) is 4.65. The van der Waals surface area contributed by atoms with E-state index < -0.39 is 17.6 Å². The first-order chi connectivity index (χ1) is 18.2. The molecule has 0 unspecified atom stereocenters. The number of morpholine rings is 1. The zero-order valence-electron chi connectivity index (χ0n) is 21.1. The molecule has 0 aliphatic carbocycles. The zero-order chi connectivity index (χ0) is 27.0. The molecule has 7 nitrogen and oxygen atoms in total. The van der Waals surface area contributed by atoms with E-state index >= 15 is 0 Å². The molecule has 3 heterocycles. The fourth-order valence-corrected chi connectivity index (χ4v) is 5.10. The molecule has 1 fully saturated rings. The van der Waals surface area contributed by atoms with Gasteiger partial charge in [-0.05, 0) is 54.4 Å². The smallest absolute Gasteiger partial charge is 0.378 e. The number of nitrogens with two attached hydrogens (primary N) is 1. The van der Waals surface area contributed by atoms with Crippen molar-refractivity contribution >= 4 is 17.2 Å². The van der Waals surface area contributed by atoms with Crippen LogP contribution in [0.15, 0.2) is 55.0 Å². The van der Waals surface area contributed by atoms with Gasteiger partial charge in [0.05, 0.1) is 24.5 Å². The van der Waals surface area contributed by atoms with Crippen LogP contribution in [0.25, 0.3) is 27.9 Å². The Bertz CT molecular complexity index is 1510. The van der Waals surface area contributed by atoms with E-state index in [1.807, 2.05) is 29.8 Å². The van der Waals surface area contributed by atoms with E-state index in [-0.39, 0.29) is 28.8 Å². The van der Waals surface area contributed by atoms with Crippen molar-refractivity contribution in [3.05, 3.63) is 77.2 Å². The fourth-order valence-electron chi connectivity index (χ4n) is 5.10. The molecule has 198 valence electrons. The van der Waals surface area contributed by atoms with E-state index in [9.17, 15) is 18.0 Å². The number of fused-ring (bicyclic) bond motifs is 1. The topological polar surface area (TPSA) is 84.9 Å². The molecule has 0 atom stereocenters. The van der Waals surface area contributed by atoms with Crippen LogP contribution < -0.4 is 16.0 Å². The summed E-state index contributed by atoms with van der Waals surface area (Å²) in [5, 5.41) is 2.78. The average molecular weight is 524 g/mol. The van der Waals surface area contributed by atoms with Gasteiger partial charge in [-0.3, -0.25) is 4.79 Å². The summed E-state index contributed by atoms with van der Waals surface area (Å²) < 4.78 is 50.8. The first-order valence-corrected chi connectivity index (χ1v) is 12.3. The molecule has 10 heteroatoms. The Morgan fingerprint density at radius 2 is 1.89 bits per heavy atom. The number of benzene rings is 2. The molecule has 4 aromatic rings. The summed E-state index contributed by atoms with van der Waals surface area (Å²) in [4.78, 5) is 19.0. The molecule has 38 heavy (non-hydrogen) atoms. The molecule has 1 aliphatic heterocycles. The Balaban J connectivity index is 1.73. The number of amides is 1. The number of carbonyl (C=O) groups excluding carboxylic acids is 1. The minimum Gasteiger partial charge on any atom is -0.378 e. The number of rotatable bonds is 6. The van der Waals surface area contributed by atoms with Gasteiger partial charge in [0.15, 0.2) is 5.65 Å². The molecule has 0 spiro atoms. The lowest BCUT2D eigenvalue weighted by Gasteiger charge is -2.29. The summed E-state index contributed by atoms with van der Waals surface area (Å²) in [6, 6.07) is 9.77. The number of hydrogen-bond donors (Lipinski definition) is 2. The number of aryl methyl sites for hydroxylation is 1. The third kappa shape index (κ3) is 4.72. The van der Waals surface area contributed by atoms with E-state index in [0.717, 1.165) is 28.0 Å². The molecular weight excluding hydrogens is 495 g/mol. The van der Waals surface area contributed by atoms with Crippen LogP contribution in [0.4, 0.5) is 18.9 Å². The van der Waals surface area contributed by atoms with Gasteiger partial charge in [0.2, 0.25) is 5.91 Å². The van der Waals surface area contributed by atoms with Crippen molar-refractivity contribution in [2.24, 2.45) is 5.73 Å². The maximum absolute atomic E-state index is 14.5. The summed E-state index contributed by atoms with van der Waals surface area (Å²) in [6.07, 6.45) is 0.775. The summed E-state index contributed by atoms with van der Waals surface area (Å²) in [5.41, 5.74) is 8.78. The van der Waals surface area contributed by atoms with Gasteiger partial charge < -0.3 is 25.1 Å². The van der Waals surface area contributed by atoms with Crippen molar-refractivity contribution in [3.63, 3.8) is 0 Å². The minimum absolute atomic E-state index is 0.0141. The van der Waals surface area contributed by atoms with Crippen molar-refractivity contribution in [1.29, 1.82) is 0 Å². The molecule has 1 aliphatic rings. The lowest BCUT2D eigenvalue weighted by atomic mass is 9.87. The molecule has 0 bridgehead atoms. The molecule has 0 radical (unpaired) electrons. The lowest BCUT2D eigenvalue weighted by molar-refractivity contribution is -0.137. The minimum atomic E-state index is -4.70. The Kier molecular flexibility index (Phi) is 6.85. The number of carbonyl (C=O) groups is 1. The fraction of sp³-hybridized carbons (Fsp3) is 0.286. The maximum Gasteiger partial charge on any atom is 0.417 e. The van der Waals surface area contributed by atoms with Gasteiger partial charge in [0.25, 0.3) is 0 Å². The highest BCUT2D eigenvalue weighted by molar-refractivity contribution is 6.01. The second-order valence-corrected chi connectivity index (χ2v) is 9.32. The number of imidazole rings is 1. The number of anilines is 1. The second kappa shape index (κ2) is 10.1. The second-order valence-electron chi connectivity index (χ2n) is 9.32. The van der Waals surface area contributed by atoms with Gasteiger partial charge in [-0.15, -0.1) is 0 Å². The van der Waals surface area contributed by atoms with E-state index in [1.54, 1.807) is 31.4 Å². The molecule has 1 saturated heterocycles. The predicted molar refractivity (Wildman–Crippen MR) is 140 cm³/mol. The first kappa shape index (κ1) is 25.7. The van der Waals surface area contributed by atoms with Crippen molar-refractivity contribution in [3.8, 4) is 22.3 Å². The molecule has 0 saturated carbocycles. The first-order valence-electron chi connectivity index (χ1n) is 12.3. The number of nitrogens with one attached hydrogen (secondary N) is 1. The molecule has 2 aromatic carbocycles. The van der Waals surface area contributed by atoms with Crippen molar-refractivity contribution in [2.75, 3.05) is 38.3 Å². The quantitative estimate of drug-likeness (QED) is 0.384. The molecule has 5 rings (SSSR count).